The number of hydrogen-bond acceptors (Lipinski definition) is 4. The molecule has 0 radical (unpaired) electrons. The summed E-state index contributed by atoms with van der Waals surface area (Å²) in [6.07, 6.45) is 2.02. The molecule has 1 aliphatic heterocycles. The average Bonchev–Trinajstić information content (AvgIpc) is 3.33. The fourth-order valence-corrected chi connectivity index (χ4v) is 4.52. The Morgan fingerprint density at radius 3 is 2.92 bits per heavy atom. The van der Waals surface area contributed by atoms with Gasteiger partial charge in [-0.3, -0.25) is 9.59 Å². The van der Waals surface area contributed by atoms with E-state index in [4.69, 9.17) is 0 Å². The zero-order valence-electron chi connectivity index (χ0n) is 14.9. The van der Waals surface area contributed by atoms with E-state index in [9.17, 15) is 9.59 Å². The van der Waals surface area contributed by atoms with Crippen LogP contribution in [0, 0.1) is 6.92 Å². The van der Waals surface area contributed by atoms with Gasteiger partial charge in [-0.05, 0) is 67.3 Å². The number of hydrogen-bond donors (Lipinski definition) is 0. The number of thiophene rings is 1. The molecule has 26 heavy (non-hydrogen) atoms. The minimum absolute atomic E-state index is 0.0364. The molecule has 1 saturated heterocycles. The molecule has 0 saturated carbocycles. The van der Waals surface area contributed by atoms with Gasteiger partial charge in [-0.1, -0.05) is 0 Å². The van der Waals surface area contributed by atoms with Crippen LogP contribution in [0.4, 0.5) is 0 Å². The maximum Gasteiger partial charge on any atom is 0.272 e. The fourth-order valence-electron chi connectivity index (χ4n) is 3.81. The van der Waals surface area contributed by atoms with Gasteiger partial charge in [-0.2, -0.15) is 11.3 Å². The number of nitrogens with zero attached hydrogens (tertiary/aromatic N) is 3. The standard InChI is InChI=1S/C20H21N3O2S/c1-3-22-18-7-6-14(11-16(18)21-13(2)19(22)24)20(25)23-9-4-5-17(23)15-8-10-26-12-15/h6-8,10-12,17H,3-5,9H2,1-2H3/t17-/m1/s1. The molecule has 5 nitrogen and oxygen atoms in total. The number of aromatic nitrogens is 2. The summed E-state index contributed by atoms with van der Waals surface area (Å²) in [5.74, 6) is 0.0364. The lowest BCUT2D eigenvalue weighted by Gasteiger charge is -2.24. The lowest BCUT2D eigenvalue weighted by molar-refractivity contribution is 0.0736. The third kappa shape index (κ3) is 2.74. The second kappa shape index (κ2) is 6.68. The minimum atomic E-state index is -0.0730. The first-order chi connectivity index (χ1) is 12.6. The molecule has 6 heteroatoms. The number of benzene rings is 1. The Morgan fingerprint density at radius 1 is 1.35 bits per heavy atom. The van der Waals surface area contributed by atoms with Crippen LogP contribution in [0.15, 0.2) is 39.8 Å². The number of carbonyl (C=O) groups excluding carboxylic acids is 1. The molecule has 0 unspecified atom stereocenters. The second-order valence-corrected chi connectivity index (χ2v) is 7.44. The summed E-state index contributed by atoms with van der Waals surface area (Å²) in [7, 11) is 0. The Balaban J connectivity index is 1.73. The lowest BCUT2D eigenvalue weighted by atomic mass is 10.1. The molecule has 4 rings (SSSR count). The van der Waals surface area contributed by atoms with Crippen LogP contribution in [0.1, 0.15) is 47.4 Å². The largest absolute Gasteiger partial charge is 0.332 e. The highest BCUT2D eigenvalue weighted by Crippen LogP contribution is 2.34. The molecule has 3 aromatic rings. The summed E-state index contributed by atoms with van der Waals surface area (Å²) < 4.78 is 1.70. The molecule has 0 spiro atoms. The van der Waals surface area contributed by atoms with Crippen LogP contribution in [0.2, 0.25) is 0 Å². The molecular weight excluding hydrogens is 346 g/mol. The summed E-state index contributed by atoms with van der Waals surface area (Å²) >= 11 is 1.66. The SMILES string of the molecule is CCn1c(=O)c(C)nc2cc(C(=O)N3CCC[C@@H]3c3ccsc3)ccc21. The van der Waals surface area contributed by atoms with E-state index >= 15 is 0 Å². The highest BCUT2D eigenvalue weighted by atomic mass is 32.1. The van der Waals surface area contributed by atoms with Gasteiger partial charge in [-0.25, -0.2) is 4.98 Å². The van der Waals surface area contributed by atoms with Gasteiger partial charge in [0.15, 0.2) is 0 Å². The van der Waals surface area contributed by atoms with E-state index in [1.165, 1.54) is 5.56 Å². The van der Waals surface area contributed by atoms with Crippen LogP contribution in [0.3, 0.4) is 0 Å². The van der Waals surface area contributed by atoms with Crippen LogP contribution < -0.4 is 5.56 Å². The van der Waals surface area contributed by atoms with Gasteiger partial charge in [0.05, 0.1) is 17.1 Å². The van der Waals surface area contributed by atoms with E-state index in [-0.39, 0.29) is 17.5 Å². The van der Waals surface area contributed by atoms with Gasteiger partial charge in [0.1, 0.15) is 5.69 Å². The molecule has 0 N–H and O–H groups in total. The number of carbonyl (C=O) groups is 1. The predicted molar refractivity (Wildman–Crippen MR) is 104 cm³/mol. The molecule has 0 aliphatic carbocycles. The van der Waals surface area contributed by atoms with E-state index in [2.05, 4.69) is 21.8 Å². The van der Waals surface area contributed by atoms with Crippen molar-refractivity contribution in [1.82, 2.24) is 14.5 Å². The smallest absolute Gasteiger partial charge is 0.272 e. The van der Waals surface area contributed by atoms with Gasteiger partial charge in [0, 0.05) is 18.7 Å². The van der Waals surface area contributed by atoms with E-state index in [0.717, 1.165) is 24.9 Å². The number of rotatable bonds is 3. The lowest BCUT2D eigenvalue weighted by Crippen LogP contribution is -2.30. The van der Waals surface area contributed by atoms with Gasteiger partial charge in [-0.15, -0.1) is 0 Å². The van der Waals surface area contributed by atoms with Crippen molar-refractivity contribution in [2.24, 2.45) is 0 Å². The Hall–Kier alpha value is -2.47. The zero-order valence-corrected chi connectivity index (χ0v) is 15.8. The van der Waals surface area contributed by atoms with Crippen molar-refractivity contribution in [1.29, 1.82) is 0 Å². The molecule has 1 fully saturated rings. The molecule has 3 heterocycles. The molecule has 1 aliphatic rings. The molecule has 1 amide bonds. The first-order valence-electron chi connectivity index (χ1n) is 8.94. The number of aryl methyl sites for hydroxylation is 2. The zero-order chi connectivity index (χ0) is 18.3. The Labute approximate surface area is 155 Å². The van der Waals surface area contributed by atoms with Gasteiger partial charge < -0.3 is 9.47 Å². The van der Waals surface area contributed by atoms with Crippen molar-refractivity contribution >= 4 is 28.3 Å². The molecule has 0 bridgehead atoms. The van der Waals surface area contributed by atoms with E-state index in [1.807, 2.05) is 30.0 Å². The quantitative estimate of drug-likeness (QED) is 0.708. The van der Waals surface area contributed by atoms with E-state index < -0.39 is 0 Å². The van der Waals surface area contributed by atoms with Crippen molar-refractivity contribution in [2.45, 2.75) is 39.3 Å². The van der Waals surface area contributed by atoms with Crippen molar-refractivity contribution in [3.8, 4) is 0 Å². The Morgan fingerprint density at radius 2 is 2.19 bits per heavy atom. The van der Waals surface area contributed by atoms with Crippen LogP contribution in [0.5, 0.6) is 0 Å². The predicted octanol–water partition coefficient (Wildman–Crippen LogP) is 3.76. The van der Waals surface area contributed by atoms with Crippen molar-refractivity contribution < 1.29 is 4.79 Å². The maximum atomic E-state index is 13.1. The molecular formula is C20H21N3O2S. The minimum Gasteiger partial charge on any atom is -0.332 e. The third-order valence-corrected chi connectivity index (χ3v) is 5.82. The topological polar surface area (TPSA) is 55.2 Å². The summed E-state index contributed by atoms with van der Waals surface area (Å²) in [5, 5.41) is 4.19. The highest BCUT2D eigenvalue weighted by Gasteiger charge is 2.31. The highest BCUT2D eigenvalue weighted by molar-refractivity contribution is 7.08. The van der Waals surface area contributed by atoms with Crippen LogP contribution in [-0.4, -0.2) is 26.9 Å². The number of fused-ring (bicyclic) bond motifs is 1. The van der Waals surface area contributed by atoms with E-state index in [0.29, 0.717) is 23.3 Å². The number of amides is 1. The van der Waals surface area contributed by atoms with Gasteiger partial charge in [0.25, 0.3) is 11.5 Å². The summed E-state index contributed by atoms with van der Waals surface area (Å²) in [5.41, 5.74) is 3.71. The van der Waals surface area contributed by atoms with Crippen LogP contribution >= 0.6 is 11.3 Å². The second-order valence-electron chi connectivity index (χ2n) is 6.66. The molecule has 1 aromatic carbocycles. The first-order valence-corrected chi connectivity index (χ1v) is 9.88. The van der Waals surface area contributed by atoms with Crippen molar-refractivity contribution in [3.05, 3.63) is 62.2 Å². The Kier molecular flexibility index (Phi) is 4.36. The average molecular weight is 367 g/mol. The molecule has 2 aromatic heterocycles. The summed E-state index contributed by atoms with van der Waals surface area (Å²) in [6.45, 7) is 5.02. The van der Waals surface area contributed by atoms with Gasteiger partial charge in [0.2, 0.25) is 0 Å². The summed E-state index contributed by atoms with van der Waals surface area (Å²) in [4.78, 5) is 31.8. The van der Waals surface area contributed by atoms with Crippen molar-refractivity contribution in [3.63, 3.8) is 0 Å². The Bertz CT molecular complexity index is 1020. The van der Waals surface area contributed by atoms with Crippen molar-refractivity contribution in [2.75, 3.05) is 6.54 Å². The third-order valence-electron chi connectivity index (χ3n) is 5.11. The molecule has 134 valence electrons. The molecule has 1 atom stereocenters. The monoisotopic (exact) mass is 367 g/mol. The van der Waals surface area contributed by atoms with Gasteiger partial charge >= 0.3 is 0 Å². The van der Waals surface area contributed by atoms with E-state index in [1.54, 1.807) is 22.8 Å². The maximum absolute atomic E-state index is 13.1. The normalized spacial score (nSPS) is 17.2. The number of likely N-dealkylation sites (tertiary alicyclic amines) is 1. The van der Waals surface area contributed by atoms with Crippen LogP contribution in [0.25, 0.3) is 11.0 Å². The summed E-state index contributed by atoms with van der Waals surface area (Å²) in [6, 6.07) is 7.74. The van der Waals surface area contributed by atoms with Crippen LogP contribution in [-0.2, 0) is 6.54 Å². The fraction of sp³-hybridized carbons (Fsp3) is 0.350. The first kappa shape index (κ1) is 17.0.